The molecule has 1 rings (SSSR count). The predicted molar refractivity (Wildman–Crippen MR) is 70.0 cm³/mol. The molecule has 1 heterocycles. The van der Waals surface area contributed by atoms with E-state index in [2.05, 4.69) is 0 Å². The third kappa shape index (κ3) is 4.73. The Morgan fingerprint density at radius 2 is 2.18 bits per heavy atom. The van der Waals surface area contributed by atoms with Crippen molar-refractivity contribution in [3.8, 4) is 0 Å². The van der Waals surface area contributed by atoms with Crippen molar-refractivity contribution in [2.45, 2.75) is 38.6 Å². The highest BCUT2D eigenvalue weighted by Gasteiger charge is 2.31. The molecule has 0 aromatic heterocycles. The minimum Gasteiger partial charge on any atom is -0.381 e. The van der Waals surface area contributed by atoms with Gasteiger partial charge in [0, 0.05) is 25.1 Å². The Morgan fingerprint density at radius 1 is 1.41 bits per heavy atom. The van der Waals surface area contributed by atoms with Crippen LogP contribution in [0.4, 0.5) is 0 Å². The van der Waals surface area contributed by atoms with Crippen molar-refractivity contribution >= 4 is 21.6 Å². The smallest absolute Gasteiger partial charge is 0.216 e. The van der Waals surface area contributed by atoms with Gasteiger partial charge in [0.25, 0.3) is 0 Å². The normalized spacial score (nSPS) is 22.8. The van der Waals surface area contributed by atoms with Crippen LogP contribution in [-0.2, 0) is 14.8 Å². The second-order valence-corrected chi connectivity index (χ2v) is 6.67. The molecule has 0 saturated carbocycles. The molecular weight excluding hydrogens is 262 g/mol. The predicted octanol–water partition coefficient (Wildman–Crippen LogP) is 1.84. The summed E-state index contributed by atoms with van der Waals surface area (Å²) in [7, 11) is -3.18. The lowest BCUT2D eigenvalue weighted by molar-refractivity contribution is 0.161. The summed E-state index contributed by atoms with van der Waals surface area (Å²) >= 11 is 5.73. The van der Waals surface area contributed by atoms with Gasteiger partial charge in [0.2, 0.25) is 10.0 Å². The molecule has 17 heavy (non-hydrogen) atoms. The van der Waals surface area contributed by atoms with E-state index >= 15 is 0 Å². The van der Waals surface area contributed by atoms with Crippen molar-refractivity contribution in [1.29, 1.82) is 0 Å². The Kier molecular flexibility index (Phi) is 6.77. The van der Waals surface area contributed by atoms with E-state index < -0.39 is 10.0 Å². The number of piperidine rings is 1. The SMILES string of the molecule is CCOCCS(=O)(=O)N1CCCCC1CCCl. The first-order valence-electron chi connectivity index (χ1n) is 6.25. The lowest BCUT2D eigenvalue weighted by Crippen LogP contribution is -2.45. The van der Waals surface area contributed by atoms with Gasteiger partial charge < -0.3 is 4.74 Å². The number of hydrogen-bond acceptors (Lipinski definition) is 3. The van der Waals surface area contributed by atoms with E-state index in [9.17, 15) is 8.42 Å². The zero-order chi connectivity index (χ0) is 12.7. The van der Waals surface area contributed by atoms with Crippen LogP contribution in [0, 0.1) is 0 Å². The molecule has 0 aromatic carbocycles. The average Bonchev–Trinajstić information content (AvgIpc) is 2.30. The molecule has 0 bridgehead atoms. The van der Waals surface area contributed by atoms with E-state index in [-0.39, 0.29) is 18.4 Å². The van der Waals surface area contributed by atoms with E-state index in [4.69, 9.17) is 16.3 Å². The van der Waals surface area contributed by atoms with Crippen molar-refractivity contribution < 1.29 is 13.2 Å². The van der Waals surface area contributed by atoms with Crippen LogP contribution in [0.1, 0.15) is 32.6 Å². The van der Waals surface area contributed by atoms with Crippen LogP contribution in [0.2, 0.25) is 0 Å². The van der Waals surface area contributed by atoms with Gasteiger partial charge >= 0.3 is 0 Å². The van der Waals surface area contributed by atoms with Crippen LogP contribution in [0.3, 0.4) is 0 Å². The lowest BCUT2D eigenvalue weighted by Gasteiger charge is -2.34. The summed E-state index contributed by atoms with van der Waals surface area (Å²) in [4.78, 5) is 0. The Balaban J connectivity index is 2.59. The van der Waals surface area contributed by atoms with E-state index in [1.54, 1.807) is 4.31 Å². The topological polar surface area (TPSA) is 46.6 Å². The Hall–Kier alpha value is 0.160. The van der Waals surface area contributed by atoms with Gasteiger partial charge in [0.1, 0.15) is 0 Å². The zero-order valence-corrected chi connectivity index (χ0v) is 12.0. The molecule has 4 nitrogen and oxygen atoms in total. The number of halogens is 1. The van der Waals surface area contributed by atoms with Gasteiger partial charge in [-0.2, -0.15) is 4.31 Å². The van der Waals surface area contributed by atoms with Crippen LogP contribution in [0.15, 0.2) is 0 Å². The highest BCUT2D eigenvalue weighted by Crippen LogP contribution is 2.23. The van der Waals surface area contributed by atoms with E-state index in [1.807, 2.05) is 6.92 Å². The first-order chi connectivity index (χ1) is 8.11. The van der Waals surface area contributed by atoms with E-state index in [0.29, 0.717) is 19.0 Å². The van der Waals surface area contributed by atoms with Crippen LogP contribution < -0.4 is 0 Å². The van der Waals surface area contributed by atoms with Crippen LogP contribution in [0.25, 0.3) is 0 Å². The number of nitrogens with zero attached hydrogens (tertiary/aromatic N) is 1. The molecule has 0 radical (unpaired) electrons. The fourth-order valence-corrected chi connectivity index (χ4v) is 4.07. The van der Waals surface area contributed by atoms with Gasteiger partial charge in [-0.3, -0.25) is 0 Å². The van der Waals surface area contributed by atoms with Crippen LogP contribution in [-0.4, -0.2) is 50.2 Å². The average molecular weight is 284 g/mol. The summed E-state index contributed by atoms with van der Waals surface area (Å²) in [6.45, 7) is 3.34. The van der Waals surface area contributed by atoms with Gasteiger partial charge in [-0.25, -0.2) is 8.42 Å². The molecule has 102 valence electrons. The summed E-state index contributed by atoms with van der Waals surface area (Å²) in [5.41, 5.74) is 0. The van der Waals surface area contributed by atoms with Crippen LogP contribution >= 0.6 is 11.6 Å². The molecule has 1 saturated heterocycles. The monoisotopic (exact) mass is 283 g/mol. The number of ether oxygens (including phenoxy) is 1. The molecule has 1 aliphatic heterocycles. The summed E-state index contributed by atoms with van der Waals surface area (Å²) in [6.07, 6.45) is 3.72. The molecule has 1 atom stereocenters. The summed E-state index contributed by atoms with van der Waals surface area (Å²) in [5.74, 6) is 0.599. The molecular formula is C11H22ClNO3S. The standard InChI is InChI=1S/C11H22ClNO3S/c1-2-16-9-10-17(14,15)13-8-4-3-5-11(13)6-7-12/h11H,2-10H2,1H3. The largest absolute Gasteiger partial charge is 0.381 e. The van der Waals surface area contributed by atoms with Gasteiger partial charge in [0.05, 0.1) is 12.4 Å². The number of hydrogen-bond donors (Lipinski definition) is 0. The van der Waals surface area contributed by atoms with Crippen molar-refractivity contribution in [1.82, 2.24) is 4.31 Å². The second-order valence-electron chi connectivity index (χ2n) is 4.25. The lowest BCUT2D eigenvalue weighted by atomic mass is 10.0. The first-order valence-corrected chi connectivity index (χ1v) is 8.39. The summed E-state index contributed by atoms with van der Waals surface area (Å²) in [5, 5.41) is 0. The van der Waals surface area contributed by atoms with E-state index in [1.165, 1.54) is 0 Å². The minimum absolute atomic E-state index is 0.0830. The van der Waals surface area contributed by atoms with Crippen molar-refractivity contribution in [2.75, 3.05) is 31.4 Å². The molecule has 0 N–H and O–H groups in total. The van der Waals surface area contributed by atoms with E-state index in [0.717, 1.165) is 25.7 Å². The first kappa shape index (κ1) is 15.2. The summed E-state index contributed by atoms with van der Waals surface area (Å²) in [6, 6.07) is 0.0906. The molecule has 6 heteroatoms. The van der Waals surface area contributed by atoms with Crippen molar-refractivity contribution in [3.05, 3.63) is 0 Å². The van der Waals surface area contributed by atoms with Gasteiger partial charge in [-0.05, 0) is 26.2 Å². The van der Waals surface area contributed by atoms with Gasteiger partial charge in [-0.1, -0.05) is 6.42 Å². The molecule has 0 aliphatic carbocycles. The highest BCUT2D eigenvalue weighted by atomic mass is 35.5. The van der Waals surface area contributed by atoms with Gasteiger partial charge in [0.15, 0.2) is 0 Å². The Morgan fingerprint density at radius 3 is 2.82 bits per heavy atom. The molecule has 1 unspecified atom stereocenters. The maximum atomic E-state index is 12.1. The second kappa shape index (κ2) is 7.56. The number of alkyl halides is 1. The fourth-order valence-electron chi connectivity index (χ4n) is 2.18. The third-order valence-corrected chi connectivity index (χ3v) is 5.16. The summed E-state index contributed by atoms with van der Waals surface area (Å²) < 4.78 is 31.1. The molecule has 1 aliphatic rings. The molecule has 0 spiro atoms. The maximum absolute atomic E-state index is 12.1. The van der Waals surface area contributed by atoms with Gasteiger partial charge in [-0.15, -0.1) is 11.6 Å². The number of rotatable bonds is 7. The van der Waals surface area contributed by atoms with Crippen molar-refractivity contribution in [3.63, 3.8) is 0 Å². The maximum Gasteiger partial charge on any atom is 0.216 e. The van der Waals surface area contributed by atoms with Crippen molar-refractivity contribution in [2.24, 2.45) is 0 Å². The molecule has 1 fully saturated rings. The zero-order valence-electron chi connectivity index (χ0n) is 10.4. The quantitative estimate of drug-likeness (QED) is 0.529. The Bertz CT molecular complexity index is 306. The number of sulfonamides is 1. The van der Waals surface area contributed by atoms with Crippen LogP contribution in [0.5, 0.6) is 0 Å². The third-order valence-electron chi connectivity index (χ3n) is 3.06. The fraction of sp³-hybridized carbons (Fsp3) is 1.00. The molecule has 0 amide bonds. The Labute approximate surface area is 109 Å². The molecule has 0 aromatic rings. The highest BCUT2D eigenvalue weighted by molar-refractivity contribution is 7.89. The minimum atomic E-state index is -3.18.